The number of benzene rings is 1. The van der Waals surface area contributed by atoms with Crippen LogP contribution >= 0.6 is 11.3 Å². The third-order valence-electron chi connectivity index (χ3n) is 2.55. The van der Waals surface area contributed by atoms with Crippen LogP contribution in [0.25, 0.3) is 20.7 Å². The highest BCUT2D eigenvalue weighted by atomic mass is 32.1. The van der Waals surface area contributed by atoms with Gasteiger partial charge in [0.15, 0.2) is 5.76 Å². The third kappa shape index (κ3) is 1.97. The lowest BCUT2D eigenvalue weighted by molar-refractivity contribution is 0.492. The number of oxazole rings is 1. The second-order valence-corrected chi connectivity index (χ2v) is 4.88. The number of hydrogen-bond acceptors (Lipinski definition) is 4. The van der Waals surface area contributed by atoms with Crippen molar-refractivity contribution in [3.8, 4) is 10.6 Å². The number of aromatic nitrogens is 1. The average molecular weight is 244 g/mol. The number of nitrogens with zero attached hydrogens (tertiary/aromatic N) is 1. The lowest BCUT2D eigenvalue weighted by atomic mass is 10.2. The van der Waals surface area contributed by atoms with Crippen LogP contribution in [0.2, 0.25) is 0 Å². The molecule has 0 amide bonds. The fourth-order valence-electron chi connectivity index (χ4n) is 1.76. The summed E-state index contributed by atoms with van der Waals surface area (Å²) in [6.45, 7) is 0.658. The molecule has 0 bridgehead atoms. The zero-order valence-corrected chi connectivity index (χ0v) is 10.3. The molecule has 0 saturated carbocycles. The van der Waals surface area contributed by atoms with Gasteiger partial charge in [-0.3, -0.25) is 0 Å². The van der Waals surface area contributed by atoms with E-state index in [4.69, 9.17) is 4.42 Å². The molecule has 1 N–H and O–H groups in total. The Hall–Kier alpha value is -1.65. The van der Waals surface area contributed by atoms with Crippen LogP contribution in [0.1, 0.15) is 5.89 Å². The normalized spacial score (nSPS) is 11.1. The highest BCUT2D eigenvalue weighted by Gasteiger charge is 2.09. The van der Waals surface area contributed by atoms with E-state index in [1.54, 1.807) is 17.5 Å². The first-order valence-electron chi connectivity index (χ1n) is 5.45. The third-order valence-corrected chi connectivity index (χ3v) is 3.68. The molecule has 0 spiro atoms. The van der Waals surface area contributed by atoms with Crippen molar-refractivity contribution in [1.29, 1.82) is 0 Å². The average Bonchev–Trinajstić information content (AvgIpc) is 2.94. The Morgan fingerprint density at radius 2 is 2.24 bits per heavy atom. The Bertz CT molecular complexity index is 608. The van der Waals surface area contributed by atoms with Crippen LogP contribution in [0.3, 0.4) is 0 Å². The van der Waals surface area contributed by atoms with Gasteiger partial charge in [-0.05, 0) is 24.6 Å². The van der Waals surface area contributed by atoms with Crippen molar-refractivity contribution >= 4 is 21.4 Å². The number of fused-ring (bicyclic) bond motifs is 1. The van der Waals surface area contributed by atoms with E-state index in [0.717, 1.165) is 16.5 Å². The van der Waals surface area contributed by atoms with E-state index < -0.39 is 0 Å². The Kier molecular flexibility index (Phi) is 2.66. The first-order valence-corrected chi connectivity index (χ1v) is 6.27. The Balaban J connectivity index is 2.01. The molecule has 3 nitrogen and oxygen atoms in total. The molecule has 0 atom stereocenters. The van der Waals surface area contributed by atoms with E-state index in [0.29, 0.717) is 6.54 Å². The van der Waals surface area contributed by atoms with Crippen LogP contribution in [0.5, 0.6) is 0 Å². The topological polar surface area (TPSA) is 38.1 Å². The highest BCUT2D eigenvalue weighted by molar-refractivity contribution is 7.22. The lowest BCUT2D eigenvalue weighted by Gasteiger charge is -1.91. The zero-order chi connectivity index (χ0) is 11.7. The van der Waals surface area contributed by atoms with Gasteiger partial charge in [0.1, 0.15) is 0 Å². The van der Waals surface area contributed by atoms with E-state index in [1.807, 2.05) is 13.1 Å². The highest BCUT2D eigenvalue weighted by Crippen LogP contribution is 2.33. The molecule has 3 aromatic rings. The standard InChI is InChI=1S/C13H12N2OS/c1-14-8-13-15-7-10(16-13)12-6-9-4-2-3-5-11(9)17-12/h2-7,14H,8H2,1H3. The molecule has 86 valence electrons. The van der Waals surface area contributed by atoms with Crippen LogP contribution in [0.4, 0.5) is 0 Å². The molecular weight excluding hydrogens is 232 g/mol. The van der Waals surface area contributed by atoms with Crippen LogP contribution < -0.4 is 5.32 Å². The van der Waals surface area contributed by atoms with Crippen molar-refractivity contribution in [1.82, 2.24) is 10.3 Å². The largest absolute Gasteiger partial charge is 0.438 e. The second kappa shape index (κ2) is 4.31. The minimum absolute atomic E-state index is 0.658. The van der Waals surface area contributed by atoms with Crippen molar-refractivity contribution in [3.63, 3.8) is 0 Å². The summed E-state index contributed by atoms with van der Waals surface area (Å²) in [6.07, 6.45) is 1.79. The molecule has 0 aliphatic carbocycles. The van der Waals surface area contributed by atoms with Crippen LogP contribution in [-0.2, 0) is 6.54 Å². The summed E-state index contributed by atoms with van der Waals surface area (Å²) < 4.78 is 6.95. The van der Waals surface area contributed by atoms with Crippen molar-refractivity contribution in [2.45, 2.75) is 6.54 Å². The lowest BCUT2D eigenvalue weighted by Crippen LogP contribution is -2.04. The number of thiophene rings is 1. The van der Waals surface area contributed by atoms with E-state index in [1.165, 1.54) is 10.1 Å². The Morgan fingerprint density at radius 1 is 1.35 bits per heavy atom. The van der Waals surface area contributed by atoms with Gasteiger partial charge in [0.2, 0.25) is 5.89 Å². The molecule has 0 aliphatic heterocycles. The predicted octanol–water partition coefficient (Wildman–Crippen LogP) is 3.28. The summed E-state index contributed by atoms with van der Waals surface area (Å²) in [5.41, 5.74) is 0. The number of hydrogen-bond donors (Lipinski definition) is 1. The molecular formula is C13H12N2OS. The van der Waals surface area contributed by atoms with Crippen molar-refractivity contribution < 1.29 is 4.42 Å². The molecule has 0 unspecified atom stereocenters. The first-order chi connectivity index (χ1) is 8.36. The van der Waals surface area contributed by atoms with Gasteiger partial charge in [0.05, 0.1) is 17.6 Å². The monoisotopic (exact) mass is 244 g/mol. The SMILES string of the molecule is CNCc1ncc(-c2cc3ccccc3s2)o1. The maximum atomic E-state index is 5.68. The van der Waals surface area contributed by atoms with Gasteiger partial charge in [-0.15, -0.1) is 11.3 Å². The molecule has 2 heterocycles. The van der Waals surface area contributed by atoms with Crippen LogP contribution in [0, 0.1) is 0 Å². The Labute approximate surface area is 103 Å². The molecule has 0 saturated heterocycles. The fraction of sp³-hybridized carbons (Fsp3) is 0.154. The summed E-state index contributed by atoms with van der Waals surface area (Å²) in [6, 6.07) is 10.5. The van der Waals surface area contributed by atoms with E-state index in [9.17, 15) is 0 Å². The summed E-state index contributed by atoms with van der Waals surface area (Å²) in [5.74, 6) is 1.57. The summed E-state index contributed by atoms with van der Waals surface area (Å²) >= 11 is 1.73. The molecule has 3 rings (SSSR count). The van der Waals surface area contributed by atoms with E-state index >= 15 is 0 Å². The van der Waals surface area contributed by atoms with Gasteiger partial charge in [-0.25, -0.2) is 4.98 Å². The van der Waals surface area contributed by atoms with E-state index in [-0.39, 0.29) is 0 Å². The molecule has 0 fully saturated rings. The number of rotatable bonds is 3. The minimum atomic E-state index is 0.658. The molecule has 2 aromatic heterocycles. The summed E-state index contributed by atoms with van der Waals surface area (Å²) in [4.78, 5) is 5.36. The minimum Gasteiger partial charge on any atom is -0.438 e. The predicted molar refractivity (Wildman–Crippen MR) is 70.1 cm³/mol. The molecule has 0 aliphatic rings. The first kappa shape index (κ1) is 10.5. The Morgan fingerprint density at radius 3 is 3.06 bits per heavy atom. The van der Waals surface area contributed by atoms with Gasteiger partial charge in [-0.2, -0.15) is 0 Å². The van der Waals surface area contributed by atoms with Crippen molar-refractivity contribution in [2.24, 2.45) is 0 Å². The molecule has 1 aromatic carbocycles. The van der Waals surface area contributed by atoms with Gasteiger partial charge < -0.3 is 9.73 Å². The quantitative estimate of drug-likeness (QED) is 0.768. The van der Waals surface area contributed by atoms with Crippen molar-refractivity contribution in [2.75, 3.05) is 7.05 Å². The molecule has 4 heteroatoms. The van der Waals surface area contributed by atoms with Crippen LogP contribution in [-0.4, -0.2) is 12.0 Å². The summed E-state index contributed by atoms with van der Waals surface area (Å²) in [5, 5.41) is 4.27. The zero-order valence-electron chi connectivity index (χ0n) is 9.43. The molecule has 0 radical (unpaired) electrons. The van der Waals surface area contributed by atoms with Gasteiger partial charge in [0, 0.05) is 4.70 Å². The maximum absolute atomic E-state index is 5.68. The van der Waals surface area contributed by atoms with Crippen molar-refractivity contribution in [3.05, 3.63) is 42.4 Å². The molecule has 17 heavy (non-hydrogen) atoms. The van der Waals surface area contributed by atoms with Gasteiger partial charge >= 0.3 is 0 Å². The summed E-state index contributed by atoms with van der Waals surface area (Å²) in [7, 11) is 1.88. The smallest absolute Gasteiger partial charge is 0.208 e. The van der Waals surface area contributed by atoms with Crippen LogP contribution in [0.15, 0.2) is 40.9 Å². The second-order valence-electron chi connectivity index (χ2n) is 3.80. The number of nitrogens with one attached hydrogen (secondary N) is 1. The fourth-order valence-corrected chi connectivity index (χ4v) is 2.77. The van der Waals surface area contributed by atoms with E-state index in [2.05, 4.69) is 34.6 Å². The van der Waals surface area contributed by atoms with Gasteiger partial charge in [0.25, 0.3) is 0 Å². The van der Waals surface area contributed by atoms with Gasteiger partial charge in [-0.1, -0.05) is 18.2 Å². The maximum Gasteiger partial charge on any atom is 0.208 e.